The Morgan fingerprint density at radius 2 is 1.87 bits per heavy atom. The highest BCUT2D eigenvalue weighted by Crippen LogP contribution is 2.29. The molecule has 1 unspecified atom stereocenters. The number of hydrogen-bond acceptors (Lipinski definition) is 7. The Balaban J connectivity index is 1.48. The Labute approximate surface area is 181 Å². The van der Waals surface area contributed by atoms with Gasteiger partial charge in [-0.1, -0.05) is 18.2 Å². The average Bonchev–Trinajstić information content (AvgIpc) is 2.79. The molecule has 9 nitrogen and oxygen atoms in total. The number of nitrogens with zero attached hydrogens (tertiary/aromatic N) is 3. The van der Waals surface area contributed by atoms with Crippen molar-refractivity contribution in [1.29, 1.82) is 0 Å². The summed E-state index contributed by atoms with van der Waals surface area (Å²) in [7, 11) is 1.46. The number of carbonyl (C=O) groups excluding carboxylic acids is 1. The van der Waals surface area contributed by atoms with E-state index in [9.17, 15) is 14.9 Å². The molecule has 0 bridgehead atoms. The van der Waals surface area contributed by atoms with Gasteiger partial charge >= 0.3 is 0 Å². The molecule has 3 rings (SSSR count). The van der Waals surface area contributed by atoms with E-state index in [1.807, 2.05) is 37.3 Å². The molecule has 1 aliphatic heterocycles. The van der Waals surface area contributed by atoms with Crippen LogP contribution in [0.1, 0.15) is 6.92 Å². The number of nitro benzene ring substituents is 1. The fourth-order valence-corrected chi connectivity index (χ4v) is 3.49. The van der Waals surface area contributed by atoms with Gasteiger partial charge in [0.15, 0.2) is 0 Å². The third-order valence-electron chi connectivity index (χ3n) is 5.41. The summed E-state index contributed by atoms with van der Waals surface area (Å²) in [5.41, 5.74) is 0.195. The number of nitro groups is 1. The fourth-order valence-electron chi connectivity index (χ4n) is 3.49. The summed E-state index contributed by atoms with van der Waals surface area (Å²) >= 11 is 0. The number of amides is 1. The summed E-state index contributed by atoms with van der Waals surface area (Å²) in [5.74, 6) is 1.03. The van der Waals surface area contributed by atoms with E-state index < -0.39 is 4.92 Å². The van der Waals surface area contributed by atoms with Crippen LogP contribution in [0.4, 0.5) is 11.4 Å². The normalized spacial score (nSPS) is 15.8. The van der Waals surface area contributed by atoms with E-state index in [0.29, 0.717) is 18.0 Å². The summed E-state index contributed by atoms with van der Waals surface area (Å²) in [6, 6.07) is 13.5. The van der Waals surface area contributed by atoms with Gasteiger partial charge in [0, 0.05) is 44.9 Å². The van der Waals surface area contributed by atoms with Gasteiger partial charge in [0.1, 0.15) is 18.1 Å². The van der Waals surface area contributed by atoms with Crippen LogP contribution >= 0.6 is 0 Å². The van der Waals surface area contributed by atoms with Crippen molar-refractivity contribution in [1.82, 2.24) is 9.80 Å². The van der Waals surface area contributed by atoms with Crippen LogP contribution in [0.3, 0.4) is 0 Å². The monoisotopic (exact) mass is 428 g/mol. The lowest BCUT2D eigenvalue weighted by Crippen LogP contribution is -2.53. The summed E-state index contributed by atoms with van der Waals surface area (Å²) in [6.07, 6.45) is 0. The van der Waals surface area contributed by atoms with Crippen molar-refractivity contribution in [3.63, 3.8) is 0 Å². The standard InChI is InChI=1S/C22H28N4O5/c1-17(22(27)23-20-16-18(26(28)29)8-9-21(20)30-2)25-12-10-24(11-13-25)14-15-31-19-6-4-3-5-7-19/h3-9,16-17H,10-15H2,1-2H3,(H,23,27). The van der Waals surface area contributed by atoms with Gasteiger partial charge in [0.2, 0.25) is 5.91 Å². The zero-order valence-corrected chi connectivity index (χ0v) is 17.8. The highest BCUT2D eigenvalue weighted by molar-refractivity contribution is 5.96. The number of piperazine rings is 1. The average molecular weight is 428 g/mol. The van der Waals surface area contributed by atoms with Gasteiger partial charge in [0.25, 0.3) is 5.69 Å². The highest BCUT2D eigenvalue weighted by Gasteiger charge is 2.26. The Bertz CT molecular complexity index is 885. The third kappa shape index (κ3) is 6.16. The molecular formula is C22H28N4O5. The van der Waals surface area contributed by atoms with Crippen LogP contribution in [-0.4, -0.2) is 73.1 Å². The molecule has 2 aromatic carbocycles. The first kappa shape index (κ1) is 22.5. The maximum Gasteiger partial charge on any atom is 0.271 e. The number of carbonyl (C=O) groups is 1. The summed E-state index contributed by atoms with van der Waals surface area (Å²) < 4.78 is 11.0. The van der Waals surface area contributed by atoms with Crippen molar-refractivity contribution in [3.8, 4) is 11.5 Å². The second-order valence-electron chi connectivity index (χ2n) is 7.35. The lowest BCUT2D eigenvalue weighted by atomic mass is 10.2. The van der Waals surface area contributed by atoms with Crippen molar-refractivity contribution < 1.29 is 19.2 Å². The molecule has 2 aromatic rings. The van der Waals surface area contributed by atoms with Crippen LogP contribution in [0.2, 0.25) is 0 Å². The molecule has 1 atom stereocenters. The molecule has 0 aliphatic carbocycles. The number of methoxy groups -OCH3 is 1. The number of rotatable bonds is 9. The van der Waals surface area contributed by atoms with Crippen molar-refractivity contribution in [2.24, 2.45) is 0 Å². The van der Waals surface area contributed by atoms with Crippen molar-refractivity contribution in [2.75, 3.05) is 51.8 Å². The number of para-hydroxylation sites is 1. The predicted octanol–water partition coefficient (Wildman–Crippen LogP) is 2.63. The molecule has 1 saturated heterocycles. The first-order valence-electron chi connectivity index (χ1n) is 10.3. The van der Waals surface area contributed by atoms with E-state index >= 15 is 0 Å². The molecule has 1 N–H and O–H groups in total. The minimum Gasteiger partial charge on any atom is -0.495 e. The molecule has 1 heterocycles. The smallest absolute Gasteiger partial charge is 0.271 e. The molecule has 0 saturated carbocycles. The molecule has 9 heteroatoms. The van der Waals surface area contributed by atoms with E-state index in [-0.39, 0.29) is 17.6 Å². The second kappa shape index (κ2) is 10.7. The van der Waals surface area contributed by atoms with Gasteiger partial charge in [-0.15, -0.1) is 0 Å². The van der Waals surface area contributed by atoms with Gasteiger partial charge in [0.05, 0.1) is 23.8 Å². The summed E-state index contributed by atoms with van der Waals surface area (Å²) in [4.78, 5) is 27.7. The second-order valence-corrected chi connectivity index (χ2v) is 7.35. The van der Waals surface area contributed by atoms with Crippen molar-refractivity contribution in [3.05, 3.63) is 58.6 Å². The maximum atomic E-state index is 12.8. The number of hydrogen-bond donors (Lipinski definition) is 1. The van der Waals surface area contributed by atoms with Crippen LogP contribution in [0.5, 0.6) is 11.5 Å². The lowest BCUT2D eigenvalue weighted by Gasteiger charge is -2.37. The minimum absolute atomic E-state index is 0.102. The quantitative estimate of drug-likeness (QED) is 0.484. The SMILES string of the molecule is COc1ccc([N+](=O)[O-])cc1NC(=O)C(C)N1CCN(CCOc2ccccc2)CC1. The zero-order valence-electron chi connectivity index (χ0n) is 17.8. The van der Waals surface area contributed by atoms with Gasteiger partial charge in [-0.25, -0.2) is 0 Å². The number of nitrogens with one attached hydrogen (secondary N) is 1. The topological polar surface area (TPSA) is 97.2 Å². The Morgan fingerprint density at radius 3 is 2.52 bits per heavy atom. The molecule has 0 radical (unpaired) electrons. The number of benzene rings is 2. The van der Waals surface area contributed by atoms with Crippen molar-refractivity contribution in [2.45, 2.75) is 13.0 Å². The molecule has 0 spiro atoms. The summed E-state index contributed by atoms with van der Waals surface area (Å²) in [5, 5.41) is 13.8. The molecule has 1 aliphatic rings. The Hall–Kier alpha value is -3.17. The first-order chi connectivity index (χ1) is 15.0. The predicted molar refractivity (Wildman–Crippen MR) is 118 cm³/mol. The first-order valence-corrected chi connectivity index (χ1v) is 10.3. The number of non-ortho nitro benzene ring substituents is 1. The lowest BCUT2D eigenvalue weighted by molar-refractivity contribution is -0.384. The third-order valence-corrected chi connectivity index (χ3v) is 5.41. The highest BCUT2D eigenvalue weighted by atomic mass is 16.6. The van der Waals surface area contributed by atoms with E-state index in [0.717, 1.165) is 38.5 Å². The molecule has 1 fully saturated rings. The number of ether oxygens (including phenoxy) is 2. The van der Waals surface area contributed by atoms with E-state index in [2.05, 4.69) is 15.1 Å². The Morgan fingerprint density at radius 1 is 1.16 bits per heavy atom. The van der Waals surface area contributed by atoms with E-state index in [4.69, 9.17) is 9.47 Å². The molecule has 31 heavy (non-hydrogen) atoms. The van der Waals surface area contributed by atoms with Gasteiger partial charge in [-0.3, -0.25) is 24.7 Å². The van der Waals surface area contributed by atoms with Crippen molar-refractivity contribution >= 4 is 17.3 Å². The molecule has 166 valence electrons. The van der Waals surface area contributed by atoms with Gasteiger partial charge in [-0.05, 0) is 25.1 Å². The largest absolute Gasteiger partial charge is 0.495 e. The van der Waals surface area contributed by atoms with Gasteiger partial charge in [-0.2, -0.15) is 0 Å². The Kier molecular flexibility index (Phi) is 7.80. The van der Waals surface area contributed by atoms with Crippen LogP contribution < -0.4 is 14.8 Å². The molecule has 0 aromatic heterocycles. The molecule has 1 amide bonds. The van der Waals surface area contributed by atoms with Crippen LogP contribution in [-0.2, 0) is 4.79 Å². The fraction of sp³-hybridized carbons (Fsp3) is 0.409. The van der Waals surface area contributed by atoms with Gasteiger partial charge < -0.3 is 14.8 Å². The minimum atomic E-state index is -0.501. The molecular weight excluding hydrogens is 400 g/mol. The number of anilines is 1. The van der Waals surface area contributed by atoms with E-state index in [1.54, 1.807) is 0 Å². The van der Waals surface area contributed by atoms with E-state index in [1.165, 1.54) is 25.3 Å². The summed E-state index contributed by atoms with van der Waals surface area (Å²) in [6.45, 7) is 6.48. The van der Waals surface area contributed by atoms with Crippen LogP contribution in [0.25, 0.3) is 0 Å². The van der Waals surface area contributed by atoms with Crippen LogP contribution in [0, 0.1) is 10.1 Å². The van der Waals surface area contributed by atoms with Crippen LogP contribution in [0.15, 0.2) is 48.5 Å². The maximum absolute atomic E-state index is 12.8. The zero-order chi connectivity index (χ0) is 22.2.